The highest BCUT2D eigenvalue weighted by Gasteiger charge is 2.14. The molecular weight excluding hydrogens is 222 g/mol. The summed E-state index contributed by atoms with van der Waals surface area (Å²) in [4.78, 5) is 0. The fourth-order valence-corrected chi connectivity index (χ4v) is 1.99. The molecular formula is C16H27NO. The van der Waals surface area contributed by atoms with Crippen LogP contribution < -0.4 is 10.1 Å². The highest BCUT2D eigenvalue weighted by Crippen LogP contribution is 2.22. The summed E-state index contributed by atoms with van der Waals surface area (Å²) in [6, 6.07) is 8.32. The molecule has 0 amide bonds. The third kappa shape index (κ3) is 5.09. The molecule has 1 rings (SSSR count). The van der Waals surface area contributed by atoms with Gasteiger partial charge < -0.3 is 10.1 Å². The molecule has 1 N–H and O–H groups in total. The van der Waals surface area contributed by atoms with Crippen LogP contribution in [0.5, 0.6) is 5.75 Å². The first-order valence-corrected chi connectivity index (χ1v) is 6.83. The van der Waals surface area contributed by atoms with E-state index in [9.17, 15) is 0 Å². The Kier molecular flexibility index (Phi) is 5.67. The summed E-state index contributed by atoms with van der Waals surface area (Å²) in [7, 11) is 1.74. The fourth-order valence-electron chi connectivity index (χ4n) is 1.99. The Bertz CT molecular complexity index is 354. The van der Waals surface area contributed by atoms with Gasteiger partial charge in [-0.1, -0.05) is 31.5 Å². The lowest BCUT2D eigenvalue weighted by Gasteiger charge is -2.25. The maximum atomic E-state index is 5.42. The van der Waals surface area contributed by atoms with Gasteiger partial charge in [-0.25, -0.2) is 0 Å². The van der Waals surface area contributed by atoms with Gasteiger partial charge in [0.25, 0.3) is 0 Å². The lowest BCUT2D eigenvalue weighted by molar-refractivity contribution is 0.357. The quantitative estimate of drug-likeness (QED) is 0.831. The van der Waals surface area contributed by atoms with Gasteiger partial charge in [0.1, 0.15) is 5.75 Å². The van der Waals surface area contributed by atoms with Crippen LogP contribution in [0.1, 0.15) is 39.7 Å². The van der Waals surface area contributed by atoms with Gasteiger partial charge in [0.2, 0.25) is 0 Å². The number of nitrogens with one attached hydrogen (secondary N) is 1. The minimum atomic E-state index is 0.189. The van der Waals surface area contributed by atoms with Crippen LogP contribution in [-0.2, 0) is 6.42 Å². The van der Waals surface area contributed by atoms with Gasteiger partial charge in [0.15, 0.2) is 0 Å². The average Bonchev–Trinajstić information content (AvgIpc) is 2.33. The Morgan fingerprint density at radius 1 is 1.22 bits per heavy atom. The Morgan fingerprint density at radius 3 is 2.44 bits per heavy atom. The molecule has 1 unspecified atom stereocenters. The lowest BCUT2D eigenvalue weighted by atomic mass is 9.95. The second kappa shape index (κ2) is 6.79. The summed E-state index contributed by atoms with van der Waals surface area (Å²) in [6.07, 6.45) is 2.25. The zero-order valence-corrected chi connectivity index (χ0v) is 12.4. The number of para-hydroxylation sites is 1. The smallest absolute Gasteiger partial charge is 0.122 e. The van der Waals surface area contributed by atoms with Crippen LogP contribution >= 0.6 is 0 Å². The van der Waals surface area contributed by atoms with Gasteiger partial charge in [-0.15, -0.1) is 0 Å². The molecule has 0 heterocycles. The highest BCUT2D eigenvalue weighted by molar-refractivity contribution is 5.33. The molecule has 0 radical (unpaired) electrons. The van der Waals surface area contributed by atoms with E-state index in [0.717, 1.165) is 18.7 Å². The number of benzene rings is 1. The molecule has 0 aromatic heterocycles. The molecule has 0 aliphatic carbocycles. The Labute approximate surface area is 112 Å². The Hall–Kier alpha value is -1.02. The SMILES string of the molecule is CCC(CNC(C)(C)C)Cc1ccccc1OC. The van der Waals surface area contributed by atoms with Gasteiger partial charge in [-0.2, -0.15) is 0 Å². The summed E-state index contributed by atoms with van der Waals surface area (Å²) >= 11 is 0. The summed E-state index contributed by atoms with van der Waals surface area (Å²) in [5.41, 5.74) is 1.50. The molecule has 102 valence electrons. The largest absolute Gasteiger partial charge is 0.496 e. The van der Waals surface area contributed by atoms with E-state index in [1.165, 1.54) is 12.0 Å². The molecule has 2 nitrogen and oxygen atoms in total. The topological polar surface area (TPSA) is 21.3 Å². The molecule has 1 aromatic carbocycles. The number of methoxy groups -OCH3 is 1. The number of rotatable bonds is 6. The van der Waals surface area contributed by atoms with Gasteiger partial charge in [-0.05, 0) is 51.3 Å². The molecule has 0 fully saturated rings. The monoisotopic (exact) mass is 249 g/mol. The molecule has 2 heteroatoms. The van der Waals surface area contributed by atoms with Crippen LogP contribution in [0.3, 0.4) is 0 Å². The summed E-state index contributed by atoms with van der Waals surface area (Å²) in [5.74, 6) is 1.66. The lowest BCUT2D eigenvalue weighted by Crippen LogP contribution is -2.39. The maximum Gasteiger partial charge on any atom is 0.122 e. The van der Waals surface area contributed by atoms with E-state index in [2.05, 4.69) is 45.1 Å². The molecule has 18 heavy (non-hydrogen) atoms. The van der Waals surface area contributed by atoms with Crippen molar-refractivity contribution in [2.45, 2.75) is 46.1 Å². The minimum absolute atomic E-state index is 0.189. The van der Waals surface area contributed by atoms with Crippen LogP contribution in [0.25, 0.3) is 0 Å². The van der Waals surface area contributed by atoms with Gasteiger partial charge >= 0.3 is 0 Å². The Morgan fingerprint density at radius 2 is 1.89 bits per heavy atom. The molecule has 1 aromatic rings. The van der Waals surface area contributed by atoms with E-state index in [1.54, 1.807) is 7.11 Å². The van der Waals surface area contributed by atoms with E-state index in [0.29, 0.717) is 5.92 Å². The summed E-state index contributed by atoms with van der Waals surface area (Å²) in [6.45, 7) is 9.94. The van der Waals surface area contributed by atoms with E-state index >= 15 is 0 Å². The number of hydrogen-bond acceptors (Lipinski definition) is 2. The fraction of sp³-hybridized carbons (Fsp3) is 0.625. The molecule has 0 saturated carbocycles. The molecule has 0 saturated heterocycles. The van der Waals surface area contributed by atoms with Crippen molar-refractivity contribution < 1.29 is 4.74 Å². The van der Waals surface area contributed by atoms with E-state index in [1.807, 2.05) is 12.1 Å². The van der Waals surface area contributed by atoms with E-state index < -0.39 is 0 Å². The van der Waals surface area contributed by atoms with Gasteiger partial charge in [0, 0.05) is 5.54 Å². The van der Waals surface area contributed by atoms with Crippen LogP contribution in [0.4, 0.5) is 0 Å². The maximum absolute atomic E-state index is 5.42. The predicted octanol–water partition coefficient (Wildman–Crippen LogP) is 3.65. The normalized spacial score (nSPS) is 13.4. The van der Waals surface area contributed by atoms with Crippen molar-refractivity contribution in [2.24, 2.45) is 5.92 Å². The van der Waals surface area contributed by atoms with Crippen molar-refractivity contribution in [1.29, 1.82) is 0 Å². The predicted molar refractivity (Wildman–Crippen MR) is 78.2 cm³/mol. The highest BCUT2D eigenvalue weighted by atomic mass is 16.5. The minimum Gasteiger partial charge on any atom is -0.496 e. The zero-order chi connectivity index (χ0) is 13.6. The van der Waals surface area contributed by atoms with Crippen LogP contribution in [0.15, 0.2) is 24.3 Å². The van der Waals surface area contributed by atoms with E-state index in [4.69, 9.17) is 4.74 Å². The average molecular weight is 249 g/mol. The third-order valence-corrected chi connectivity index (χ3v) is 3.20. The second-order valence-corrected chi connectivity index (χ2v) is 5.92. The van der Waals surface area contributed by atoms with Gasteiger partial charge in [0.05, 0.1) is 7.11 Å². The van der Waals surface area contributed by atoms with Crippen molar-refractivity contribution in [3.63, 3.8) is 0 Å². The van der Waals surface area contributed by atoms with Crippen LogP contribution in [0, 0.1) is 5.92 Å². The first-order valence-electron chi connectivity index (χ1n) is 6.83. The standard InChI is InChI=1S/C16H27NO/c1-6-13(12-17-16(2,3)4)11-14-9-7-8-10-15(14)18-5/h7-10,13,17H,6,11-12H2,1-5H3. The first kappa shape index (κ1) is 15.0. The molecule has 0 bridgehead atoms. The van der Waals surface area contributed by atoms with Crippen molar-refractivity contribution in [3.05, 3.63) is 29.8 Å². The van der Waals surface area contributed by atoms with Gasteiger partial charge in [-0.3, -0.25) is 0 Å². The second-order valence-electron chi connectivity index (χ2n) is 5.92. The van der Waals surface area contributed by atoms with E-state index in [-0.39, 0.29) is 5.54 Å². The Balaban J connectivity index is 2.62. The zero-order valence-electron chi connectivity index (χ0n) is 12.4. The van der Waals surface area contributed by atoms with Crippen molar-refractivity contribution in [3.8, 4) is 5.75 Å². The van der Waals surface area contributed by atoms with Crippen molar-refractivity contribution >= 4 is 0 Å². The molecule has 0 spiro atoms. The molecule has 0 aliphatic heterocycles. The summed E-state index contributed by atoms with van der Waals surface area (Å²) in [5, 5.41) is 3.59. The molecule has 1 atom stereocenters. The van der Waals surface area contributed by atoms with Crippen molar-refractivity contribution in [1.82, 2.24) is 5.32 Å². The summed E-state index contributed by atoms with van der Waals surface area (Å²) < 4.78 is 5.42. The number of ether oxygens (including phenoxy) is 1. The van der Waals surface area contributed by atoms with Crippen LogP contribution in [-0.4, -0.2) is 19.2 Å². The molecule has 0 aliphatic rings. The van der Waals surface area contributed by atoms with Crippen molar-refractivity contribution in [2.75, 3.05) is 13.7 Å². The third-order valence-electron chi connectivity index (χ3n) is 3.20. The number of hydrogen-bond donors (Lipinski definition) is 1. The first-order chi connectivity index (χ1) is 8.46. The van der Waals surface area contributed by atoms with Crippen LogP contribution in [0.2, 0.25) is 0 Å².